The van der Waals surface area contributed by atoms with Crippen LogP contribution in [-0.2, 0) is 0 Å². The molecule has 0 saturated heterocycles. The predicted molar refractivity (Wildman–Crippen MR) is 88.3 cm³/mol. The standard InChI is InChI=1S/C19H31N/c1-14-12-16(3)19(13-15(14)2)17(4)20-18-10-8-6-5-7-9-11-18/h12-13,17-18,20H,5-11H2,1-4H3. The van der Waals surface area contributed by atoms with Gasteiger partial charge in [0.25, 0.3) is 0 Å². The first-order valence-electron chi connectivity index (χ1n) is 8.41. The fourth-order valence-corrected chi connectivity index (χ4v) is 3.52. The highest BCUT2D eigenvalue weighted by Crippen LogP contribution is 2.24. The van der Waals surface area contributed by atoms with Gasteiger partial charge in [-0.1, -0.05) is 44.2 Å². The molecule has 20 heavy (non-hydrogen) atoms. The van der Waals surface area contributed by atoms with Gasteiger partial charge in [0.05, 0.1) is 0 Å². The summed E-state index contributed by atoms with van der Waals surface area (Å²) in [6.07, 6.45) is 9.80. The van der Waals surface area contributed by atoms with E-state index in [4.69, 9.17) is 0 Å². The number of benzene rings is 1. The summed E-state index contributed by atoms with van der Waals surface area (Å²) in [7, 11) is 0. The second-order valence-electron chi connectivity index (χ2n) is 6.72. The lowest BCUT2D eigenvalue weighted by atomic mass is 9.93. The lowest BCUT2D eigenvalue weighted by Crippen LogP contribution is -2.32. The summed E-state index contributed by atoms with van der Waals surface area (Å²) in [5.41, 5.74) is 5.73. The molecule has 0 aliphatic heterocycles. The molecule has 1 fully saturated rings. The molecule has 0 aromatic heterocycles. The van der Waals surface area contributed by atoms with Crippen molar-refractivity contribution >= 4 is 0 Å². The smallest absolute Gasteiger partial charge is 0.0297 e. The molecule has 1 heteroatoms. The highest BCUT2D eigenvalue weighted by molar-refractivity contribution is 5.38. The molecular weight excluding hydrogens is 242 g/mol. The number of rotatable bonds is 3. The summed E-state index contributed by atoms with van der Waals surface area (Å²) in [4.78, 5) is 0. The maximum absolute atomic E-state index is 3.89. The van der Waals surface area contributed by atoms with Gasteiger partial charge >= 0.3 is 0 Å². The Kier molecular flexibility index (Phi) is 5.65. The molecule has 112 valence electrons. The molecule has 1 aliphatic carbocycles. The molecule has 1 N–H and O–H groups in total. The molecule has 1 saturated carbocycles. The van der Waals surface area contributed by atoms with Gasteiger partial charge in [0.2, 0.25) is 0 Å². The maximum atomic E-state index is 3.89. The van der Waals surface area contributed by atoms with E-state index in [1.54, 1.807) is 0 Å². The van der Waals surface area contributed by atoms with E-state index in [1.807, 2.05) is 0 Å². The van der Waals surface area contributed by atoms with Gasteiger partial charge in [-0.15, -0.1) is 0 Å². The van der Waals surface area contributed by atoms with Crippen molar-refractivity contribution in [3.8, 4) is 0 Å². The van der Waals surface area contributed by atoms with E-state index in [9.17, 15) is 0 Å². The Morgan fingerprint density at radius 1 is 0.850 bits per heavy atom. The number of aryl methyl sites for hydroxylation is 3. The SMILES string of the molecule is Cc1cc(C)c(C(C)NC2CCCCCCC2)cc1C. The van der Waals surface area contributed by atoms with E-state index >= 15 is 0 Å². The molecule has 1 nitrogen and oxygen atoms in total. The average molecular weight is 273 g/mol. The summed E-state index contributed by atoms with van der Waals surface area (Å²) in [6.45, 7) is 9.01. The summed E-state index contributed by atoms with van der Waals surface area (Å²) < 4.78 is 0. The van der Waals surface area contributed by atoms with E-state index in [-0.39, 0.29) is 0 Å². The number of hydrogen-bond acceptors (Lipinski definition) is 1. The lowest BCUT2D eigenvalue weighted by molar-refractivity contribution is 0.362. The zero-order valence-corrected chi connectivity index (χ0v) is 13.8. The van der Waals surface area contributed by atoms with Crippen molar-refractivity contribution in [2.24, 2.45) is 0 Å². The highest BCUT2D eigenvalue weighted by atomic mass is 14.9. The average Bonchev–Trinajstić information content (AvgIpc) is 2.36. The summed E-state index contributed by atoms with van der Waals surface area (Å²) in [5.74, 6) is 0. The maximum Gasteiger partial charge on any atom is 0.0297 e. The van der Waals surface area contributed by atoms with Crippen molar-refractivity contribution in [2.75, 3.05) is 0 Å². The summed E-state index contributed by atoms with van der Waals surface area (Å²) >= 11 is 0. The predicted octanol–water partition coefficient (Wildman–Crippen LogP) is 5.38. The van der Waals surface area contributed by atoms with Gasteiger partial charge in [-0.05, 0) is 62.8 Å². The van der Waals surface area contributed by atoms with Gasteiger partial charge < -0.3 is 5.32 Å². The third kappa shape index (κ3) is 4.09. The van der Waals surface area contributed by atoms with E-state index in [0.717, 1.165) is 0 Å². The van der Waals surface area contributed by atoms with Crippen molar-refractivity contribution in [1.82, 2.24) is 5.32 Å². The van der Waals surface area contributed by atoms with Crippen LogP contribution in [0, 0.1) is 20.8 Å². The fraction of sp³-hybridized carbons (Fsp3) is 0.684. The van der Waals surface area contributed by atoms with E-state index in [2.05, 4.69) is 45.1 Å². The molecule has 1 aromatic rings. The van der Waals surface area contributed by atoms with E-state index in [1.165, 1.54) is 67.2 Å². The lowest BCUT2D eigenvalue weighted by Gasteiger charge is -2.26. The van der Waals surface area contributed by atoms with Gasteiger partial charge in [-0.2, -0.15) is 0 Å². The minimum Gasteiger partial charge on any atom is -0.307 e. The van der Waals surface area contributed by atoms with Crippen molar-refractivity contribution < 1.29 is 0 Å². The van der Waals surface area contributed by atoms with Gasteiger partial charge in [-0.25, -0.2) is 0 Å². The Morgan fingerprint density at radius 3 is 2.05 bits per heavy atom. The normalized spacial score (nSPS) is 19.4. The topological polar surface area (TPSA) is 12.0 Å². The Morgan fingerprint density at radius 2 is 1.40 bits per heavy atom. The monoisotopic (exact) mass is 273 g/mol. The van der Waals surface area contributed by atoms with Crippen LogP contribution >= 0.6 is 0 Å². The third-order valence-corrected chi connectivity index (χ3v) is 4.94. The Labute approximate surface area is 125 Å². The first-order chi connectivity index (χ1) is 9.58. The Balaban J connectivity index is 2.03. The van der Waals surface area contributed by atoms with Crippen molar-refractivity contribution in [1.29, 1.82) is 0 Å². The highest BCUT2D eigenvalue weighted by Gasteiger charge is 2.16. The summed E-state index contributed by atoms with van der Waals surface area (Å²) in [5, 5.41) is 3.89. The molecule has 0 heterocycles. The molecule has 1 atom stereocenters. The van der Waals surface area contributed by atoms with Crippen LogP contribution in [0.4, 0.5) is 0 Å². The number of hydrogen-bond donors (Lipinski definition) is 1. The first-order valence-corrected chi connectivity index (χ1v) is 8.41. The van der Waals surface area contributed by atoms with Crippen LogP contribution in [0.5, 0.6) is 0 Å². The molecule has 0 radical (unpaired) electrons. The van der Waals surface area contributed by atoms with Gasteiger partial charge in [-0.3, -0.25) is 0 Å². The Hall–Kier alpha value is -0.820. The minimum absolute atomic E-state index is 0.471. The van der Waals surface area contributed by atoms with Crippen LogP contribution in [0.15, 0.2) is 12.1 Å². The quantitative estimate of drug-likeness (QED) is 0.780. The van der Waals surface area contributed by atoms with E-state index < -0.39 is 0 Å². The molecule has 1 aliphatic rings. The second-order valence-corrected chi connectivity index (χ2v) is 6.72. The molecule has 0 amide bonds. The van der Waals surface area contributed by atoms with E-state index in [0.29, 0.717) is 12.1 Å². The molecule has 1 unspecified atom stereocenters. The van der Waals surface area contributed by atoms with Crippen LogP contribution in [-0.4, -0.2) is 6.04 Å². The fourth-order valence-electron chi connectivity index (χ4n) is 3.52. The van der Waals surface area contributed by atoms with Crippen molar-refractivity contribution in [3.63, 3.8) is 0 Å². The van der Waals surface area contributed by atoms with Crippen LogP contribution in [0.1, 0.15) is 80.2 Å². The van der Waals surface area contributed by atoms with Crippen molar-refractivity contribution in [3.05, 3.63) is 34.4 Å². The molecular formula is C19H31N. The number of nitrogens with one attached hydrogen (secondary N) is 1. The minimum atomic E-state index is 0.471. The van der Waals surface area contributed by atoms with Crippen LogP contribution in [0.3, 0.4) is 0 Å². The molecule has 1 aromatic carbocycles. The second kappa shape index (κ2) is 7.26. The van der Waals surface area contributed by atoms with Crippen LogP contribution in [0.2, 0.25) is 0 Å². The van der Waals surface area contributed by atoms with Crippen LogP contribution in [0.25, 0.3) is 0 Å². The van der Waals surface area contributed by atoms with Crippen molar-refractivity contribution in [2.45, 2.75) is 84.7 Å². The largest absolute Gasteiger partial charge is 0.307 e. The zero-order valence-electron chi connectivity index (χ0n) is 13.8. The molecule has 2 rings (SSSR count). The molecule has 0 spiro atoms. The first kappa shape index (κ1) is 15.6. The third-order valence-electron chi connectivity index (χ3n) is 4.94. The molecule has 0 bridgehead atoms. The zero-order chi connectivity index (χ0) is 14.5. The van der Waals surface area contributed by atoms with Crippen LogP contribution < -0.4 is 5.32 Å². The summed E-state index contributed by atoms with van der Waals surface area (Å²) in [6, 6.07) is 5.90. The Bertz CT molecular complexity index is 428. The van der Waals surface area contributed by atoms with Gasteiger partial charge in [0.1, 0.15) is 0 Å². The van der Waals surface area contributed by atoms with Gasteiger partial charge in [0.15, 0.2) is 0 Å². The van der Waals surface area contributed by atoms with Gasteiger partial charge in [0, 0.05) is 12.1 Å².